The molecule has 102 valence electrons. The molecule has 0 saturated carbocycles. The second-order valence-corrected chi connectivity index (χ2v) is 6.27. The maximum absolute atomic E-state index is 12.2. The lowest BCUT2D eigenvalue weighted by Crippen LogP contribution is -2.13. The molecule has 0 fully saturated rings. The highest BCUT2D eigenvalue weighted by Gasteiger charge is 2.18. The lowest BCUT2D eigenvalue weighted by atomic mass is 9.88. The van der Waals surface area contributed by atoms with Gasteiger partial charge in [0.25, 0.3) is 0 Å². The zero-order chi connectivity index (χ0) is 14.2. The standard InChI is InChI=1S/C16H22N2O/c1-6-18-11(2)17-13-9-12(7-8-14(13)18)15(19)10-16(3,4)5/h7-9H,6,10H2,1-5H3. The fraction of sp³-hybridized carbons (Fsp3) is 0.500. The molecule has 1 aromatic heterocycles. The van der Waals surface area contributed by atoms with E-state index in [0.717, 1.165) is 29.0 Å². The Kier molecular flexibility index (Phi) is 3.48. The molecule has 0 atom stereocenters. The Morgan fingerprint density at radius 2 is 2.00 bits per heavy atom. The fourth-order valence-electron chi connectivity index (χ4n) is 2.41. The minimum atomic E-state index is 0.0186. The highest BCUT2D eigenvalue weighted by atomic mass is 16.1. The highest BCUT2D eigenvalue weighted by Crippen LogP contribution is 2.24. The highest BCUT2D eigenvalue weighted by molar-refractivity contribution is 5.99. The van der Waals surface area contributed by atoms with Gasteiger partial charge >= 0.3 is 0 Å². The van der Waals surface area contributed by atoms with Crippen LogP contribution in [0.25, 0.3) is 11.0 Å². The maximum atomic E-state index is 12.2. The molecule has 0 aliphatic carbocycles. The second-order valence-electron chi connectivity index (χ2n) is 6.27. The zero-order valence-corrected chi connectivity index (χ0v) is 12.4. The third-order valence-electron chi connectivity index (χ3n) is 3.27. The summed E-state index contributed by atoms with van der Waals surface area (Å²) < 4.78 is 2.16. The predicted octanol–water partition coefficient (Wildman–Crippen LogP) is 3.98. The van der Waals surface area contributed by atoms with E-state index in [2.05, 4.69) is 37.2 Å². The molecular formula is C16H22N2O. The van der Waals surface area contributed by atoms with E-state index < -0.39 is 0 Å². The van der Waals surface area contributed by atoms with E-state index in [1.165, 1.54) is 0 Å². The van der Waals surface area contributed by atoms with E-state index in [1.54, 1.807) is 0 Å². The summed E-state index contributed by atoms with van der Waals surface area (Å²) in [5.74, 6) is 1.19. The van der Waals surface area contributed by atoms with E-state index in [-0.39, 0.29) is 11.2 Å². The number of aromatic nitrogens is 2. The molecule has 0 amide bonds. The zero-order valence-electron chi connectivity index (χ0n) is 12.4. The van der Waals surface area contributed by atoms with Gasteiger partial charge in [-0.25, -0.2) is 4.98 Å². The van der Waals surface area contributed by atoms with Gasteiger partial charge in [-0.3, -0.25) is 4.79 Å². The molecule has 1 aromatic carbocycles. The summed E-state index contributed by atoms with van der Waals surface area (Å²) in [7, 11) is 0. The fourth-order valence-corrected chi connectivity index (χ4v) is 2.41. The Morgan fingerprint density at radius 3 is 2.58 bits per heavy atom. The molecule has 0 saturated heterocycles. The summed E-state index contributed by atoms with van der Waals surface area (Å²) in [6.45, 7) is 11.3. The third-order valence-corrected chi connectivity index (χ3v) is 3.27. The van der Waals surface area contributed by atoms with Gasteiger partial charge in [-0.2, -0.15) is 0 Å². The number of nitrogens with zero attached hydrogens (tertiary/aromatic N) is 2. The molecule has 3 nitrogen and oxygen atoms in total. The van der Waals surface area contributed by atoms with Gasteiger partial charge < -0.3 is 4.57 Å². The van der Waals surface area contributed by atoms with Crippen LogP contribution in [-0.2, 0) is 6.54 Å². The molecule has 2 aromatic rings. The topological polar surface area (TPSA) is 34.9 Å². The van der Waals surface area contributed by atoms with E-state index >= 15 is 0 Å². The lowest BCUT2D eigenvalue weighted by molar-refractivity contribution is 0.0940. The summed E-state index contributed by atoms with van der Waals surface area (Å²) in [6.07, 6.45) is 0.561. The van der Waals surface area contributed by atoms with Gasteiger partial charge in [0, 0.05) is 18.5 Å². The summed E-state index contributed by atoms with van der Waals surface area (Å²) >= 11 is 0. The van der Waals surface area contributed by atoms with Crippen molar-refractivity contribution in [1.29, 1.82) is 0 Å². The SMILES string of the molecule is CCn1c(C)nc2cc(C(=O)CC(C)(C)C)ccc21. The molecule has 0 radical (unpaired) electrons. The van der Waals surface area contributed by atoms with Crippen molar-refractivity contribution in [2.45, 2.75) is 47.6 Å². The van der Waals surface area contributed by atoms with Crippen LogP contribution in [0.5, 0.6) is 0 Å². The van der Waals surface area contributed by atoms with Crippen molar-refractivity contribution in [3.8, 4) is 0 Å². The second kappa shape index (κ2) is 4.80. The number of fused-ring (bicyclic) bond motifs is 1. The van der Waals surface area contributed by atoms with Gasteiger partial charge in [-0.1, -0.05) is 20.8 Å². The Labute approximate surface area is 114 Å². The first-order valence-electron chi connectivity index (χ1n) is 6.82. The van der Waals surface area contributed by atoms with Crippen molar-refractivity contribution >= 4 is 16.8 Å². The van der Waals surface area contributed by atoms with Crippen molar-refractivity contribution in [3.63, 3.8) is 0 Å². The van der Waals surface area contributed by atoms with E-state index in [9.17, 15) is 4.79 Å². The Bertz CT molecular complexity index is 617. The number of aryl methyl sites for hydroxylation is 2. The van der Waals surface area contributed by atoms with Crippen LogP contribution < -0.4 is 0 Å². The number of rotatable bonds is 3. The summed E-state index contributed by atoms with van der Waals surface area (Å²) in [4.78, 5) is 16.8. The number of benzene rings is 1. The summed E-state index contributed by atoms with van der Waals surface area (Å²) in [5, 5.41) is 0. The smallest absolute Gasteiger partial charge is 0.163 e. The first-order chi connectivity index (χ1) is 8.81. The minimum absolute atomic E-state index is 0.0186. The van der Waals surface area contributed by atoms with Crippen molar-refractivity contribution in [2.75, 3.05) is 0 Å². The third kappa shape index (κ3) is 2.86. The van der Waals surface area contributed by atoms with Crippen molar-refractivity contribution < 1.29 is 4.79 Å². The first kappa shape index (κ1) is 13.8. The first-order valence-corrected chi connectivity index (χ1v) is 6.82. The quantitative estimate of drug-likeness (QED) is 0.780. The van der Waals surface area contributed by atoms with Crippen LogP contribution in [0.3, 0.4) is 0 Å². The normalized spacial score (nSPS) is 12.1. The average Bonchev–Trinajstić information content (AvgIpc) is 2.60. The van der Waals surface area contributed by atoms with Crippen LogP contribution in [0.15, 0.2) is 18.2 Å². The van der Waals surface area contributed by atoms with Gasteiger partial charge in [0.2, 0.25) is 0 Å². The minimum Gasteiger partial charge on any atom is -0.329 e. The number of hydrogen-bond acceptors (Lipinski definition) is 2. The van der Waals surface area contributed by atoms with Gasteiger partial charge in [0.05, 0.1) is 11.0 Å². The van der Waals surface area contributed by atoms with Gasteiger partial charge in [-0.15, -0.1) is 0 Å². The molecule has 0 unspecified atom stereocenters. The average molecular weight is 258 g/mol. The molecule has 0 N–H and O–H groups in total. The molecule has 1 heterocycles. The molecular weight excluding hydrogens is 236 g/mol. The van der Waals surface area contributed by atoms with Crippen molar-refractivity contribution in [3.05, 3.63) is 29.6 Å². The molecule has 0 bridgehead atoms. The Balaban J connectivity index is 2.40. The van der Waals surface area contributed by atoms with Crippen LogP contribution >= 0.6 is 0 Å². The van der Waals surface area contributed by atoms with Crippen molar-refractivity contribution in [1.82, 2.24) is 9.55 Å². The molecule has 2 rings (SSSR count). The number of imidazole rings is 1. The lowest BCUT2D eigenvalue weighted by Gasteiger charge is -2.16. The van der Waals surface area contributed by atoms with Crippen LogP contribution in [0.1, 0.15) is 50.3 Å². The van der Waals surface area contributed by atoms with E-state index in [4.69, 9.17) is 0 Å². The largest absolute Gasteiger partial charge is 0.329 e. The monoisotopic (exact) mass is 258 g/mol. The molecule has 3 heteroatoms. The van der Waals surface area contributed by atoms with Crippen LogP contribution in [-0.4, -0.2) is 15.3 Å². The Hall–Kier alpha value is -1.64. The Morgan fingerprint density at radius 1 is 1.32 bits per heavy atom. The van der Waals surface area contributed by atoms with Gasteiger partial charge in [0.15, 0.2) is 5.78 Å². The van der Waals surface area contributed by atoms with E-state index in [1.807, 2.05) is 25.1 Å². The molecule has 19 heavy (non-hydrogen) atoms. The number of ketones is 1. The van der Waals surface area contributed by atoms with Crippen molar-refractivity contribution in [2.24, 2.45) is 5.41 Å². The molecule has 0 aliphatic heterocycles. The number of hydrogen-bond donors (Lipinski definition) is 0. The number of carbonyl (C=O) groups excluding carboxylic acids is 1. The van der Waals surface area contributed by atoms with Crippen LogP contribution in [0.2, 0.25) is 0 Å². The predicted molar refractivity (Wildman–Crippen MR) is 78.5 cm³/mol. The number of carbonyl (C=O) groups is 1. The van der Waals surface area contributed by atoms with Gasteiger partial charge in [0.1, 0.15) is 5.82 Å². The molecule has 0 aliphatic rings. The maximum Gasteiger partial charge on any atom is 0.163 e. The van der Waals surface area contributed by atoms with E-state index in [0.29, 0.717) is 6.42 Å². The number of Topliss-reactive ketones (excluding diaryl/α,β-unsaturated/α-hetero) is 1. The molecule has 0 spiro atoms. The summed E-state index contributed by atoms with van der Waals surface area (Å²) in [5.41, 5.74) is 2.81. The van der Waals surface area contributed by atoms with Crippen LogP contribution in [0, 0.1) is 12.3 Å². The van der Waals surface area contributed by atoms with Gasteiger partial charge in [-0.05, 0) is 37.5 Å². The van der Waals surface area contributed by atoms with Crippen LogP contribution in [0.4, 0.5) is 0 Å². The summed E-state index contributed by atoms with van der Waals surface area (Å²) in [6, 6.07) is 5.85.